The molecule has 4 heterocycles. The van der Waals surface area contributed by atoms with Crippen LogP contribution < -0.4 is 9.64 Å². The van der Waals surface area contributed by atoms with Crippen molar-refractivity contribution in [2.75, 3.05) is 4.90 Å². The standard InChI is InChI=1S/C51H32N8O/c1-4-16-33(17-5-1)46-53-47(34-18-6-2-7-19-34)56-50(55-46)40-32-37(49-54-48(35-20-8-3-9-21-35)57-51(58-49)41-22-14-15-29-52-41)30-36-31-38(27-28-39(36)40)59-42-23-10-12-25-44(42)60-45-26-13-11-24-43(45)59/h1-32H. The van der Waals surface area contributed by atoms with Crippen molar-refractivity contribution in [1.29, 1.82) is 0 Å². The Bertz CT molecular complexity index is 3020. The van der Waals surface area contributed by atoms with E-state index in [9.17, 15) is 0 Å². The van der Waals surface area contributed by atoms with Crippen molar-refractivity contribution in [3.05, 3.63) is 194 Å². The topological polar surface area (TPSA) is 103 Å². The molecule has 3 aromatic heterocycles. The molecule has 0 saturated heterocycles. The molecule has 0 N–H and O–H groups in total. The molecule has 0 fully saturated rings. The number of aromatic nitrogens is 7. The van der Waals surface area contributed by atoms with Gasteiger partial charge in [0.25, 0.3) is 0 Å². The van der Waals surface area contributed by atoms with Crippen LogP contribution in [0, 0.1) is 0 Å². The van der Waals surface area contributed by atoms with E-state index < -0.39 is 0 Å². The lowest BCUT2D eigenvalue weighted by Crippen LogP contribution is -2.15. The van der Waals surface area contributed by atoms with Crippen LogP contribution in [-0.2, 0) is 0 Å². The molecule has 1 aliphatic heterocycles. The monoisotopic (exact) mass is 772 g/mol. The van der Waals surface area contributed by atoms with Gasteiger partial charge >= 0.3 is 0 Å². The summed E-state index contributed by atoms with van der Waals surface area (Å²) < 4.78 is 6.37. The molecule has 0 radical (unpaired) electrons. The van der Waals surface area contributed by atoms with Crippen molar-refractivity contribution in [3.63, 3.8) is 0 Å². The van der Waals surface area contributed by atoms with E-state index >= 15 is 0 Å². The van der Waals surface area contributed by atoms with E-state index in [-0.39, 0.29) is 0 Å². The van der Waals surface area contributed by atoms with Gasteiger partial charge in [-0.05, 0) is 71.4 Å². The highest BCUT2D eigenvalue weighted by Gasteiger charge is 2.26. The number of hydrogen-bond donors (Lipinski definition) is 0. The first kappa shape index (κ1) is 34.8. The maximum absolute atomic E-state index is 6.37. The number of para-hydroxylation sites is 4. The van der Waals surface area contributed by atoms with Gasteiger partial charge in [0.1, 0.15) is 5.69 Å². The van der Waals surface area contributed by atoms with Gasteiger partial charge in [-0.25, -0.2) is 29.9 Å². The van der Waals surface area contributed by atoms with Crippen molar-refractivity contribution >= 4 is 27.8 Å². The quantitative estimate of drug-likeness (QED) is 0.157. The molecule has 0 spiro atoms. The highest BCUT2D eigenvalue weighted by atomic mass is 16.5. The predicted octanol–water partition coefficient (Wildman–Crippen LogP) is 12.2. The molecule has 1 aliphatic rings. The predicted molar refractivity (Wildman–Crippen MR) is 236 cm³/mol. The summed E-state index contributed by atoms with van der Waals surface area (Å²) in [5.74, 6) is 4.70. The minimum atomic E-state index is 0.467. The molecule has 10 aromatic rings. The molecule has 0 atom stereocenters. The Hall–Kier alpha value is -8.43. The SMILES string of the molecule is c1ccc(-c2nc(-c3cc(-c4nc(-c5ccccc5)nc(-c5ccccc5)n4)c4ccc(N5c6ccccc6Oc6ccccc65)cc4c3)nc(-c3ccccn3)n2)cc1. The first-order valence-electron chi connectivity index (χ1n) is 19.6. The summed E-state index contributed by atoms with van der Waals surface area (Å²) in [6.45, 7) is 0. The Kier molecular flexibility index (Phi) is 8.59. The van der Waals surface area contributed by atoms with E-state index in [1.807, 2.05) is 146 Å². The molecule has 0 unspecified atom stereocenters. The number of ether oxygens (including phenoxy) is 1. The first-order valence-corrected chi connectivity index (χ1v) is 19.6. The molecule has 0 aliphatic carbocycles. The second-order valence-corrected chi connectivity index (χ2v) is 14.2. The van der Waals surface area contributed by atoms with Crippen LogP contribution in [0.3, 0.4) is 0 Å². The number of nitrogens with zero attached hydrogens (tertiary/aromatic N) is 8. The number of pyridine rings is 1. The van der Waals surface area contributed by atoms with Gasteiger partial charge in [-0.15, -0.1) is 0 Å². The van der Waals surface area contributed by atoms with Gasteiger partial charge in [0.05, 0.1) is 11.4 Å². The van der Waals surface area contributed by atoms with Gasteiger partial charge in [-0.1, -0.05) is 127 Å². The van der Waals surface area contributed by atoms with Gasteiger partial charge in [-0.2, -0.15) is 0 Å². The Morgan fingerprint density at radius 2 is 0.850 bits per heavy atom. The molecular weight excluding hydrogens is 741 g/mol. The van der Waals surface area contributed by atoms with Crippen molar-refractivity contribution in [3.8, 4) is 80.0 Å². The van der Waals surface area contributed by atoms with Gasteiger partial charge in [0.15, 0.2) is 46.4 Å². The van der Waals surface area contributed by atoms with Crippen molar-refractivity contribution in [2.24, 2.45) is 0 Å². The van der Waals surface area contributed by atoms with Crippen LogP contribution in [0.15, 0.2) is 194 Å². The van der Waals surface area contributed by atoms with Gasteiger partial charge in [0, 0.05) is 39.7 Å². The lowest BCUT2D eigenvalue weighted by molar-refractivity contribution is 0.477. The average Bonchev–Trinajstić information content (AvgIpc) is 3.33. The molecule has 282 valence electrons. The van der Waals surface area contributed by atoms with E-state index in [0.717, 1.165) is 67.2 Å². The zero-order valence-electron chi connectivity index (χ0n) is 32.0. The zero-order chi connectivity index (χ0) is 39.8. The summed E-state index contributed by atoms with van der Waals surface area (Å²) in [5.41, 5.74) is 7.67. The Labute approximate surface area is 345 Å². The van der Waals surface area contributed by atoms with E-state index in [0.29, 0.717) is 40.6 Å². The van der Waals surface area contributed by atoms with E-state index in [1.54, 1.807) is 6.20 Å². The highest BCUT2D eigenvalue weighted by molar-refractivity contribution is 6.01. The lowest BCUT2D eigenvalue weighted by atomic mass is 9.98. The molecular formula is C51H32N8O. The van der Waals surface area contributed by atoms with Crippen LogP contribution in [0.25, 0.3) is 79.2 Å². The van der Waals surface area contributed by atoms with Gasteiger partial charge in [0.2, 0.25) is 0 Å². The number of benzene rings is 7. The third-order valence-corrected chi connectivity index (χ3v) is 10.4. The molecule has 9 nitrogen and oxygen atoms in total. The molecule has 0 saturated carbocycles. The molecule has 0 bridgehead atoms. The summed E-state index contributed by atoms with van der Waals surface area (Å²) in [5, 5.41) is 1.88. The number of hydrogen-bond acceptors (Lipinski definition) is 9. The van der Waals surface area contributed by atoms with Gasteiger partial charge in [-0.3, -0.25) is 4.98 Å². The van der Waals surface area contributed by atoms with E-state index in [4.69, 9.17) is 34.6 Å². The fraction of sp³-hybridized carbons (Fsp3) is 0. The van der Waals surface area contributed by atoms with Crippen LogP contribution in [-0.4, -0.2) is 34.9 Å². The van der Waals surface area contributed by atoms with Crippen LogP contribution >= 0.6 is 0 Å². The first-order chi connectivity index (χ1) is 29.7. The van der Waals surface area contributed by atoms with E-state index in [1.165, 1.54) is 0 Å². The fourth-order valence-electron chi connectivity index (χ4n) is 7.55. The Morgan fingerprint density at radius 1 is 0.367 bits per heavy atom. The summed E-state index contributed by atoms with van der Waals surface area (Å²) in [6, 6.07) is 62.5. The van der Waals surface area contributed by atoms with E-state index in [2.05, 4.69) is 52.3 Å². The molecule has 9 heteroatoms. The third-order valence-electron chi connectivity index (χ3n) is 10.4. The smallest absolute Gasteiger partial charge is 0.182 e. The normalized spacial score (nSPS) is 11.8. The average molecular weight is 773 g/mol. The molecule has 60 heavy (non-hydrogen) atoms. The van der Waals surface area contributed by atoms with Gasteiger partial charge < -0.3 is 9.64 Å². The largest absolute Gasteiger partial charge is 0.453 e. The molecule has 0 amide bonds. The van der Waals surface area contributed by atoms with Crippen molar-refractivity contribution in [2.45, 2.75) is 0 Å². The number of anilines is 3. The van der Waals surface area contributed by atoms with Crippen LogP contribution in [0.2, 0.25) is 0 Å². The van der Waals surface area contributed by atoms with Crippen LogP contribution in [0.1, 0.15) is 0 Å². The second-order valence-electron chi connectivity index (χ2n) is 14.2. The fourth-order valence-corrected chi connectivity index (χ4v) is 7.55. The maximum atomic E-state index is 6.37. The van der Waals surface area contributed by atoms with Crippen molar-refractivity contribution < 1.29 is 4.74 Å². The number of fused-ring (bicyclic) bond motifs is 3. The minimum Gasteiger partial charge on any atom is -0.453 e. The number of rotatable bonds is 7. The van der Waals surface area contributed by atoms with Crippen LogP contribution in [0.4, 0.5) is 17.1 Å². The summed E-state index contributed by atoms with van der Waals surface area (Å²) in [4.78, 5) is 37.3. The minimum absolute atomic E-state index is 0.467. The lowest BCUT2D eigenvalue weighted by Gasteiger charge is -2.33. The molecule has 7 aromatic carbocycles. The second kappa shape index (κ2) is 14.8. The summed E-state index contributed by atoms with van der Waals surface area (Å²) >= 11 is 0. The summed E-state index contributed by atoms with van der Waals surface area (Å²) in [7, 11) is 0. The Balaban J connectivity index is 1.18. The Morgan fingerprint density at radius 3 is 1.40 bits per heavy atom. The third kappa shape index (κ3) is 6.46. The molecule has 11 rings (SSSR count). The summed E-state index contributed by atoms with van der Waals surface area (Å²) in [6.07, 6.45) is 1.74. The van der Waals surface area contributed by atoms with Crippen molar-refractivity contribution in [1.82, 2.24) is 34.9 Å². The maximum Gasteiger partial charge on any atom is 0.182 e. The van der Waals surface area contributed by atoms with Crippen LogP contribution in [0.5, 0.6) is 11.5 Å². The zero-order valence-corrected chi connectivity index (χ0v) is 32.0. The highest BCUT2D eigenvalue weighted by Crippen LogP contribution is 2.50.